The van der Waals surface area contributed by atoms with Gasteiger partial charge in [-0.2, -0.15) is 21.5 Å². The van der Waals surface area contributed by atoms with Crippen molar-refractivity contribution in [3.63, 3.8) is 0 Å². The highest BCUT2D eigenvalue weighted by Gasteiger charge is 2.54. The minimum atomic E-state index is -4.49. The monoisotopic (exact) mass is 546 g/mol. The van der Waals surface area contributed by atoms with E-state index in [1.54, 1.807) is 6.92 Å². The molecule has 1 fully saturated rings. The van der Waals surface area contributed by atoms with Gasteiger partial charge in [0.15, 0.2) is 0 Å². The molecular formula is C23H26F4N4O5S. The molecule has 2 aromatic carbocycles. The predicted octanol–water partition coefficient (Wildman–Crippen LogP) is 2.72. The Morgan fingerprint density at radius 3 is 2.41 bits per heavy atom. The lowest BCUT2D eigenvalue weighted by molar-refractivity contribution is -0.164. The Balaban J connectivity index is 1.94. The van der Waals surface area contributed by atoms with Crippen molar-refractivity contribution in [3.05, 3.63) is 64.7 Å². The van der Waals surface area contributed by atoms with E-state index in [2.05, 4.69) is 5.32 Å². The zero-order valence-electron chi connectivity index (χ0n) is 20.2. The number of nitrogens with two attached hydrogens (primary N) is 1. The number of rotatable bonds is 8. The molecule has 0 aromatic heterocycles. The van der Waals surface area contributed by atoms with Gasteiger partial charge in [0.1, 0.15) is 17.8 Å². The molecule has 3 N–H and O–H groups in total. The van der Waals surface area contributed by atoms with Gasteiger partial charge in [-0.25, -0.2) is 13.9 Å². The van der Waals surface area contributed by atoms with Crippen molar-refractivity contribution in [2.75, 3.05) is 25.1 Å². The van der Waals surface area contributed by atoms with E-state index in [0.29, 0.717) is 21.3 Å². The van der Waals surface area contributed by atoms with Crippen molar-refractivity contribution in [1.29, 1.82) is 0 Å². The maximum Gasteiger partial charge on any atom is 0.352 e. The van der Waals surface area contributed by atoms with Gasteiger partial charge in [0, 0.05) is 30.4 Å². The van der Waals surface area contributed by atoms with Crippen LogP contribution >= 0.6 is 0 Å². The molecule has 202 valence electrons. The lowest BCUT2D eigenvalue weighted by atomic mass is 10.0. The maximum absolute atomic E-state index is 15.5. The van der Waals surface area contributed by atoms with Crippen LogP contribution in [0, 0.1) is 18.6 Å². The molecular weight excluding hydrogens is 520 g/mol. The molecule has 1 aliphatic rings. The van der Waals surface area contributed by atoms with Gasteiger partial charge in [0.25, 0.3) is 22.0 Å². The van der Waals surface area contributed by atoms with Gasteiger partial charge in [-0.3, -0.25) is 9.59 Å². The summed E-state index contributed by atoms with van der Waals surface area (Å²) in [7, 11) is -4.39. The number of benzene rings is 2. The summed E-state index contributed by atoms with van der Waals surface area (Å²) in [5.74, 6) is -9.25. The highest BCUT2D eigenvalue weighted by molar-refractivity contribution is 7.86. The van der Waals surface area contributed by atoms with E-state index in [9.17, 15) is 26.8 Å². The molecule has 0 bridgehead atoms. The molecule has 0 spiro atoms. The van der Waals surface area contributed by atoms with E-state index >= 15 is 8.78 Å². The zero-order valence-corrected chi connectivity index (χ0v) is 21.0. The first-order valence-electron chi connectivity index (χ1n) is 11.1. The number of nitrogens with zero attached hydrogens (tertiary/aromatic N) is 2. The molecule has 3 rings (SSSR count). The van der Waals surface area contributed by atoms with Crippen molar-refractivity contribution < 1.29 is 40.3 Å². The van der Waals surface area contributed by atoms with Crippen molar-refractivity contribution in [3.8, 4) is 0 Å². The SMILES string of the molecule is CCOCC1N(C(=O)C(F)(F)c2cc(C(=O)Nc3ccc(F)c(C)c3)ccc2F)C(C)CN1S(N)(=O)=O. The minimum absolute atomic E-state index is 0.0983. The molecule has 1 aliphatic heterocycles. The minimum Gasteiger partial charge on any atom is -0.378 e. The fourth-order valence-corrected chi connectivity index (χ4v) is 4.93. The smallest absolute Gasteiger partial charge is 0.352 e. The van der Waals surface area contributed by atoms with Gasteiger partial charge in [-0.05, 0) is 62.7 Å². The maximum atomic E-state index is 15.5. The second kappa shape index (κ2) is 10.7. The van der Waals surface area contributed by atoms with Crippen LogP contribution in [-0.4, -0.2) is 61.4 Å². The molecule has 2 unspecified atom stereocenters. The van der Waals surface area contributed by atoms with Gasteiger partial charge < -0.3 is 15.0 Å². The van der Waals surface area contributed by atoms with Crippen LogP contribution in [0.2, 0.25) is 0 Å². The lowest BCUT2D eigenvalue weighted by Gasteiger charge is -2.32. The van der Waals surface area contributed by atoms with Crippen LogP contribution in [0.1, 0.15) is 35.3 Å². The molecule has 0 radical (unpaired) electrons. The summed E-state index contributed by atoms with van der Waals surface area (Å²) in [4.78, 5) is 26.3. The molecule has 2 atom stereocenters. The summed E-state index contributed by atoms with van der Waals surface area (Å²) in [6, 6.07) is 4.74. The number of ether oxygens (including phenoxy) is 1. The van der Waals surface area contributed by atoms with Gasteiger partial charge in [-0.1, -0.05) is 0 Å². The van der Waals surface area contributed by atoms with E-state index in [1.807, 2.05) is 0 Å². The summed E-state index contributed by atoms with van der Waals surface area (Å²) in [6.45, 7) is 3.66. The highest BCUT2D eigenvalue weighted by atomic mass is 32.2. The van der Waals surface area contributed by atoms with Gasteiger partial charge in [-0.15, -0.1) is 0 Å². The molecule has 0 saturated carbocycles. The molecule has 2 aromatic rings. The Labute approximate surface area is 211 Å². The summed E-state index contributed by atoms with van der Waals surface area (Å²) in [5.41, 5.74) is -1.37. The third-order valence-electron chi connectivity index (χ3n) is 5.86. The number of carbonyl (C=O) groups is 2. The summed E-state index contributed by atoms with van der Waals surface area (Å²) in [5, 5.41) is 7.59. The zero-order chi connectivity index (χ0) is 27.7. The molecule has 9 nitrogen and oxygen atoms in total. The number of anilines is 1. The molecule has 37 heavy (non-hydrogen) atoms. The van der Waals surface area contributed by atoms with Crippen LogP contribution in [0.5, 0.6) is 0 Å². The van der Waals surface area contributed by atoms with E-state index in [-0.39, 0.29) is 24.4 Å². The van der Waals surface area contributed by atoms with Gasteiger partial charge in [0.05, 0.1) is 12.2 Å². The number of carbonyl (C=O) groups excluding carboxylic acids is 2. The number of alkyl halides is 2. The van der Waals surface area contributed by atoms with Crippen LogP contribution in [0.3, 0.4) is 0 Å². The molecule has 0 aliphatic carbocycles. The third kappa shape index (κ3) is 5.92. The molecule has 2 amide bonds. The number of nitrogens with one attached hydrogen (secondary N) is 1. The Morgan fingerprint density at radius 1 is 1.16 bits per heavy atom. The number of hydrogen-bond acceptors (Lipinski definition) is 5. The first-order chi connectivity index (χ1) is 17.2. The Bertz CT molecular complexity index is 1310. The normalized spacial score (nSPS) is 18.8. The number of hydrogen-bond donors (Lipinski definition) is 2. The van der Waals surface area contributed by atoms with Gasteiger partial charge in [0.2, 0.25) is 0 Å². The first kappa shape index (κ1) is 28.5. The largest absolute Gasteiger partial charge is 0.378 e. The van der Waals surface area contributed by atoms with Crippen molar-refractivity contribution >= 4 is 27.7 Å². The number of aryl methyl sites for hydroxylation is 1. The first-order valence-corrected chi connectivity index (χ1v) is 12.6. The number of halogens is 4. The summed E-state index contributed by atoms with van der Waals surface area (Å²) >= 11 is 0. The van der Waals surface area contributed by atoms with Crippen LogP contribution < -0.4 is 10.5 Å². The van der Waals surface area contributed by atoms with Crippen LogP contribution in [0.25, 0.3) is 0 Å². The van der Waals surface area contributed by atoms with Crippen LogP contribution in [0.15, 0.2) is 36.4 Å². The second-order valence-electron chi connectivity index (χ2n) is 8.50. The van der Waals surface area contributed by atoms with Crippen LogP contribution in [0.4, 0.5) is 23.2 Å². The summed E-state index contributed by atoms with van der Waals surface area (Å²) in [6.07, 6.45) is -1.49. The topological polar surface area (TPSA) is 122 Å². The van der Waals surface area contributed by atoms with E-state index in [4.69, 9.17) is 9.88 Å². The average Bonchev–Trinajstić information content (AvgIpc) is 3.15. The van der Waals surface area contributed by atoms with E-state index in [0.717, 1.165) is 12.1 Å². The fraction of sp³-hybridized carbons (Fsp3) is 0.391. The predicted molar refractivity (Wildman–Crippen MR) is 126 cm³/mol. The third-order valence-corrected chi connectivity index (χ3v) is 6.90. The highest BCUT2D eigenvalue weighted by Crippen LogP contribution is 2.36. The fourth-order valence-electron chi connectivity index (χ4n) is 4.01. The molecule has 1 heterocycles. The van der Waals surface area contributed by atoms with Crippen molar-refractivity contribution in [2.24, 2.45) is 5.14 Å². The Kier molecular flexibility index (Phi) is 8.27. The Morgan fingerprint density at radius 2 is 1.81 bits per heavy atom. The summed E-state index contributed by atoms with van der Waals surface area (Å²) < 4.78 is 88.9. The molecule has 14 heteroatoms. The quantitative estimate of drug-likeness (QED) is 0.493. The average molecular weight is 547 g/mol. The van der Waals surface area contributed by atoms with Crippen molar-refractivity contribution in [2.45, 2.75) is 38.9 Å². The van der Waals surface area contributed by atoms with E-state index < -0.39 is 69.5 Å². The standard InChI is InChI=1S/C23H26F4N4O5S/c1-4-36-12-20-30(37(28,34)35)11-14(3)31(20)22(33)23(26,27)17-10-15(5-7-19(17)25)21(32)29-16-6-8-18(24)13(2)9-16/h5-10,14,20H,4,11-12H2,1-3H3,(H,29,32)(H2,28,34,35). The second-order valence-corrected chi connectivity index (χ2v) is 10.0. The van der Waals surface area contributed by atoms with E-state index in [1.165, 1.54) is 26.0 Å². The lowest BCUT2D eigenvalue weighted by Crippen LogP contribution is -2.53. The van der Waals surface area contributed by atoms with Crippen molar-refractivity contribution in [1.82, 2.24) is 9.21 Å². The Hall–Kier alpha value is -3.07. The molecule has 1 saturated heterocycles. The van der Waals surface area contributed by atoms with Gasteiger partial charge >= 0.3 is 5.92 Å². The number of amides is 2. The van der Waals surface area contributed by atoms with Crippen LogP contribution in [-0.2, 0) is 25.7 Å².